The fourth-order valence-corrected chi connectivity index (χ4v) is 4.12. The van der Waals surface area contributed by atoms with Crippen LogP contribution in [0.1, 0.15) is 34.2 Å². The molecule has 1 amide bonds. The number of amides is 1. The smallest absolute Gasteiger partial charge is 0.230 e. The molecule has 0 aliphatic rings. The van der Waals surface area contributed by atoms with Gasteiger partial charge < -0.3 is 18.8 Å². The Morgan fingerprint density at radius 3 is 2.79 bits per heavy atom. The maximum atomic E-state index is 12.4. The van der Waals surface area contributed by atoms with Gasteiger partial charge in [-0.3, -0.25) is 4.79 Å². The standard InChI is InChI=1S/C21H22N4O3S/c1-12-8-18(14(3)25(12)10-16-6-5-7-27-16)19-11-29-21(22-19)23-20(26)9-17-13(2)24-28-15(17)4/h5-8,11H,9-10H2,1-4H3,(H,22,23,26). The summed E-state index contributed by atoms with van der Waals surface area (Å²) in [5.41, 5.74) is 5.70. The number of aromatic nitrogens is 3. The van der Waals surface area contributed by atoms with Gasteiger partial charge in [-0.1, -0.05) is 5.16 Å². The zero-order valence-corrected chi connectivity index (χ0v) is 17.6. The summed E-state index contributed by atoms with van der Waals surface area (Å²) in [5, 5.41) is 9.31. The van der Waals surface area contributed by atoms with E-state index in [1.807, 2.05) is 31.4 Å². The number of nitrogens with zero attached hydrogens (tertiary/aromatic N) is 3. The van der Waals surface area contributed by atoms with E-state index in [2.05, 4.69) is 39.9 Å². The van der Waals surface area contributed by atoms with E-state index in [0.717, 1.165) is 39.7 Å². The summed E-state index contributed by atoms with van der Waals surface area (Å²) >= 11 is 1.41. The molecular formula is C21H22N4O3S. The highest BCUT2D eigenvalue weighted by Crippen LogP contribution is 2.30. The van der Waals surface area contributed by atoms with Gasteiger partial charge in [-0.25, -0.2) is 4.98 Å². The first-order chi connectivity index (χ1) is 13.9. The van der Waals surface area contributed by atoms with Crippen LogP contribution >= 0.6 is 11.3 Å². The van der Waals surface area contributed by atoms with Crippen molar-refractivity contribution in [3.8, 4) is 11.3 Å². The monoisotopic (exact) mass is 410 g/mol. The summed E-state index contributed by atoms with van der Waals surface area (Å²) in [7, 11) is 0. The van der Waals surface area contributed by atoms with Crippen molar-refractivity contribution < 1.29 is 13.7 Å². The lowest BCUT2D eigenvalue weighted by Gasteiger charge is -2.07. The molecule has 0 radical (unpaired) electrons. The van der Waals surface area contributed by atoms with Crippen LogP contribution in [0.4, 0.5) is 5.13 Å². The molecule has 29 heavy (non-hydrogen) atoms. The van der Waals surface area contributed by atoms with E-state index in [1.165, 1.54) is 11.3 Å². The number of rotatable bonds is 6. The molecule has 4 aromatic heterocycles. The van der Waals surface area contributed by atoms with E-state index in [9.17, 15) is 4.79 Å². The highest BCUT2D eigenvalue weighted by atomic mass is 32.1. The number of furan rings is 1. The van der Waals surface area contributed by atoms with Crippen LogP contribution in [0.3, 0.4) is 0 Å². The molecule has 0 saturated carbocycles. The van der Waals surface area contributed by atoms with Crippen LogP contribution in [-0.2, 0) is 17.8 Å². The average molecular weight is 410 g/mol. The second kappa shape index (κ2) is 7.71. The molecule has 7 nitrogen and oxygen atoms in total. The van der Waals surface area contributed by atoms with Gasteiger partial charge in [0, 0.05) is 27.9 Å². The van der Waals surface area contributed by atoms with Gasteiger partial charge in [-0.2, -0.15) is 0 Å². The normalized spacial score (nSPS) is 11.2. The second-order valence-corrected chi connectivity index (χ2v) is 7.87. The minimum atomic E-state index is -0.136. The Labute approximate surface area is 172 Å². The van der Waals surface area contributed by atoms with Gasteiger partial charge >= 0.3 is 0 Å². The van der Waals surface area contributed by atoms with Gasteiger partial charge in [0.15, 0.2) is 5.13 Å². The third-order valence-electron chi connectivity index (χ3n) is 5.01. The quantitative estimate of drug-likeness (QED) is 0.500. The summed E-state index contributed by atoms with van der Waals surface area (Å²) < 4.78 is 12.8. The summed E-state index contributed by atoms with van der Waals surface area (Å²) in [6.07, 6.45) is 1.90. The van der Waals surface area contributed by atoms with Crippen molar-refractivity contribution in [3.05, 3.63) is 64.0 Å². The third-order valence-corrected chi connectivity index (χ3v) is 5.77. The number of hydrogen-bond acceptors (Lipinski definition) is 6. The lowest BCUT2D eigenvalue weighted by atomic mass is 10.1. The Hall–Kier alpha value is -3.13. The van der Waals surface area contributed by atoms with Crippen LogP contribution < -0.4 is 5.32 Å². The molecule has 4 aromatic rings. The molecule has 1 N–H and O–H groups in total. The summed E-state index contributed by atoms with van der Waals surface area (Å²) in [5.74, 6) is 1.44. The number of hydrogen-bond donors (Lipinski definition) is 1. The van der Waals surface area contributed by atoms with Gasteiger partial charge in [0.25, 0.3) is 0 Å². The summed E-state index contributed by atoms with van der Waals surface area (Å²) in [6.45, 7) is 8.45. The number of anilines is 1. The Morgan fingerprint density at radius 1 is 1.28 bits per heavy atom. The molecule has 0 aromatic carbocycles. The van der Waals surface area contributed by atoms with Gasteiger partial charge in [-0.15, -0.1) is 11.3 Å². The van der Waals surface area contributed by atoms with Crippen LogP contribution in [0.25, 0.3) is 11.3 Å². The first-order valence-corrected chi connectivity index (χ1v) is 10.2. The number of nitrogens with one attached hydrogen (secondary N) is 1. The SMILES string of the molecule is Cc1noc(C)c1CC(=O)Nc1nc(-c2cc(C)n(Cc3ccco3)c2C)cs1. The van der Waals surface area contributed by atoms with E-state index in [-0.39, 0.29) is 12.3 Å². The summed E-state index contributed by atoms with van der Waals surface area (Å²) in [6, 6.07) is 5.97. The lowest BCUT2D eigenvalue weighted by molar-refractivity contribution is -0.115. The van der Waals surface area contributed by atoms with E-state index < -0.39 is 0 Å². The van der Waals surface area contributed by atoms with Crippen LogP contribution in [0.2, 0.25) is 0 Å². The molecule has 0 aliphatic heterocycles. The van der Waals surface area contributed by atoms with E-state index in [4.69, 9.17) is 8.94 Å². The predicted octanol–water partition coefficient (Wildman–Crippen LogP) is 4.66. The Kier molecular flexibility index (Phi) is 5.10. The summed E-state index contributed by atoms with van der Waals surface area (Å²) in [4.78, 5) is 17.0. The fourth-order valence-electron chi connectivity index (χ4n) is 3.40. The maximum absolute atomic E-state index is 12.4. The van der Waals surface area contributed by atoms with E-state index in [0.29, 0.717) is 17.4 Å². The lowest BCUT2D eigenvalue weighted by Crippen LogP contribution is -2.15. The minimum absolute atomic E-state index is 0.136. The van der Waals surface area contributed by atoms with Crippen molar-refractivity contribution in [2.75, 3.05) is 5.32 Å². The minimum Gasteiger partial charge on any atom is -0.467 e. The van der Waals surface area contributed by atoms with Crippen molar-refractivity contribution in [1.82, 2.24) is 14.7 Å². The Balaban J connectivity index is 1.50. The third kappa shape index (κ3) is 3.88. The molecule has 0 unspecified atom stereocenters. The molecule has 4 rings (SSSR count). The Morgan fingerprint density at radius 2 is 2.10 bits per heavy atom. The Bertz CT molecular complexity index is 1130. The molecule has 0 aliphatic carbocycles. The molecule has 0 saturated heterocycles. The number of aryl methyl sites for hydroxylation is 3. The number of carbonyl (C=O) groups is 1. The van der Waals surface area contributed by atoms with Crippen molar-refractivity contribution in [1.29, 1.82) is 0 Å². The van der Waals surface area contributed by atoms with Gasteiger partial charge in [-0.05, 0) is 45.9 Å². The average Bonchev–Trinajstić information content (AvgIpc) is 3.46. The first kappa shape index (κ1) is 19.2. The maximum Gasteiger partial charge on any atom is 0.230 e. The highest BCUT2D eigenvalue weighted by Gasteiger charge is 2.17. The number of carbonyl (C=O) groups excluding carboxylic acids is 1. The van der Waals surface area contributed by atoms with Crippen molar-refractivity contribution in [3.63, 3.8) is 0 Å². The molecule has 0 bridgehead atoms. The molecule has 0 fully saturated rings. The molecule has 4 heterocycles. The largest absolute Gasteiger partial charge is 0.467 e. The van der Waals surface area contributed by atoms with Crippen LogP contribution in [0.15, 0.2) is 38.8 Å². The molecular weight excluding hydrogens is 388 g/mol. The van der Waals surface area contributed by atoms with E-state index >= 15 is 0 Å². The molecule has 0 atom stereocenters. The zero-order valence-electron chi connectivity index (χ0n) is 16.8. The van der Waals surface area contributed by atoms with Gasteiger partial charge in [0.1, 0.15) is 11.5 Å². The van der Waals surface area contributed by atoms with E-state index in [1.54, 1.807) is 6.26 Å². The van der Waals surface area contributed by atoms with Crippen molar-refractivity contribution in [2.24, 2.45) is 0 Å². The fraction of sp³-hybridized carbons (Fsp3) is 0.286. The van der Waals surface area contributed by atoms with Crippen LogP contribution in [-0.4, -0.2) is 20.6 Å². The van der Waals surface area contributed by atoms with Gasteiger partial charge in [0.2, 0.25) is 5.91 Å². The second-order valence-electron chi connectivity index (χ2n) is 7.02. The predicted molar refractivity (Wildman–Crippen MR) is 111 cm³/mol. The number of thiazole rings is 1. The van der Waals surface area contributed by atoms with Gasteiger partial charge in [0.05, 0.1) is 30.6 Å². The van der Waals surface area contributed by atoms with Crippen LogP contribution in [0, 0.1) is 27.7 Å². The molecule has 0 spiro atoms. The van der Waals surface area contributed by atoms with Crippen molar-refractivity contribution >= 4 is 22.4 Å². The highest BCUT2D eigenvalue weighted by molar-refractivity contribution is 7.14. The molecule has 150 valence electrons. The van der Waals surface area contributed by atoms with Crippen molar-refractivity contribution in [2.45, 2.75) is 40.7 Å². The topological polar surface area (TPSA) is 86.1 Å². The molecule has 8 heteroatoms. The van der Waals surface area contributed by atoms with Crippen LogP contribution in [0.5, 0.6) is 0 Å². The first-order valence-electron chi connectivity index (χ1n) is 9.29. The zero-order chi connectivity index (χ0) is 20.5.